The molecule has 56 heavy (non-hydrogen) atoms. The molecule has 0 N–H and O–H groups in total. The van der Waals surface area contributed by atoms with E-state index in [4.69, 9.17) is 9.47 Å². The SMILES string of the molecule is COc1cc2c(cc1OC)C1c3c(c4ccc5ccccc5c4c4c3ccc3ccccc34)C2c2c1c1ccc3ccccc3c1c1c2ccc2ccccc21. The van der Waals surface area contributed by atoms with Crippen molar-refractivity contribution in [3.63, 3.8) is 0 Å². The molecule has 0 unspecified atom stereocenters. The lowest BCUT2D eigenvalue weighted by Crippen LogP contribution is -2.29. The van der Waals surface area contributed by atoms with Crippen LogP contribution in [-0.4, -0.2) is 14.2 Å². The van der Waals surface area contributed by atoms with E-state index in [0.29, 0.717) is 0 Å². The highest BCUT2D eigenvalue weighted by Gasteiger charge is 2.46. The molecule has 0 spiro atoms. The molecule has 0 saturated heterocycles. The summed E-state index contributed by atoms with van der Waals surface area (Å²) in [7, 11) is 3.51. The van der Waals surface area contributed by atoms with Crippen LogP contribution in [0.1, 0.15) is 45.2 Å². The van der Waals surface area contributed by atoms with Gasteiger partial charge in [-0.15, -0.1) is 0 Å². The second kappa shape index (κ2) is 10.9. The molecule has 2 heteroatoms. The summed E-state index contributed by atoms with van der Waals surface area (Å²) in [5.74, 6) is 1.45. The van der Waals surface area contributed by atoms with E-state index in [1.807, 2.05) is 0 Å². The van der Waals surface area contributed by atoms with E-state index in [1.165, 1.54) is 120 Å². The van der Waals surface area contributed by atoms with Crippen molar-refractivity contribution in [1.82, 2.24) is 0 Å². The third kappa shape index (κ3) is 3.67. The number of hydrogen-bond acceptors (Lipinski definition) is 2. The van der Waals surface area contributed by atoms with Gasteiger partial charge in [-0.05, 0) is 132 Å². The van der Waals surface area contributed by atoms with Crippen LogP contribution in [0.2, 0.25) is 0 Å². The molecule has 0 fully saturated rings. The molecule has 11 aromatic carbocycles. The molecule has 14 rings (SSSR count). The van der Waals surface area contributed by atoms with Crippen molar-refractivity contribution in [3.8, 4) is 11.5 Å². The van der Waals surface area contributed by atoms with Gasteiger partial charge in [-0.1, -0.05) is 146 Å². The minimum absolute atomic E-state index is 0.0427. The first kappa shape index (κ1) is 30.4. The highest BCUT2D eigenvalue weighted by atomic mass is 16.5. The summed E-state index contributed by atoms with van der Waals surface area (Å²) < 4.78 is 12.2. The monoisotopic (exact) mass is 714 g/mol. The van der Waals surface area contributed by atoms with Crippen LogP contribution >= 0.6 is 0 Å². The van der Waals surface area contributed by atoms with Crippen molar-refractivity contribution in [1.29, 1.82) is 0 Å². The second-order valence-electron chi connectivity index (χ2n) is 15.7. The molecule has 0 heterocycles. The molecule has 11 aromatic rings. The van der Waals surface area contributed by atoms with E-state index >= 15 is 0 Å². The van der Waals surface area contributed by atoms with E-state index < -0.39 is 0 Å². The molecule has 262 valence electrons. The average molecular weight is 715 g/mol. The Hall–Kier alpha value is -6.90. The maximum atomic E-state index is 6.09. The molecular formula is C54H34O2. The molecule has 0 aromatic heterocycles. The summed E-state index contributed by atoms with van der Waals surface area (Å²) in [6.45, 7) is 0. The Bertz CT molecular complexity index is 3130. The molecule has 3 aliphatic carbocycles. The largest absolute Gasteiger partial charge is 0.493 e. The third-order valence-corrected chi connectivity index (χ3v) is 13.3. The van der Waals surface area contributed by atoms with Gasteiger partial charge in [0.05, 0.1) is 14.2 Å². The van der Waals surface area contributed by atoms with Gasteiger partial charge >= 0.3 is 0 Å². The third-order valence-electron chi connectivity index (χ3n) is 13.3. The van der Waals surface area contributed by atoms with E-state index in [9.17, 15) is 0 Å². The van der Waals surface area contributed by atoms with Gasteiger partial charge < -0.3 is 9.47 Å². The van der Waals surface area contributed by atoms with Gasteiger partial charge in [-0.2, -0.15) is 0 Å². The molecule has 3 aliphatic rings. The van der Waals surface area contributed by atoms with Crippen LogP contribution in [0.5, 0.6) is 11.5 Å². The Morgan fingerprint density at radius 1 is 0.304 bits per heavy atom. The Morgan fingerprint density at radius 3 is 0.839 bits per heavy atom. The summed E-state index contributed by atoms with van der Waals surface area (Å²) in [6.07, 6.45) is 0. The maximum Gasteiger partial charge on any atom is 0.161 e. The average Bonchev–Trinajstić information content (AvgIpc) is 3.27. The van der Waals surface area contributed by atoms with Gasteiger partial charge in [-0.25, -0.2) is 0 Å². The van der Waals surface area contributed by atoms with Crippen LogP contribution in [0, 0.1) is 0 Å². The predicted molar refractivity (Wildman–Crippen MR) is 234 cm³/mol. The zero-order valence-electron chi connectivity index (χ0n) is 31.0. The zero-order valence-corrected chi connectivity index (χ0v) is 31.0. The lowest BCUT2D eigenvalue weighted by molar-refractivity contribution is 0.353. The minimum Gasteiger partial charge on any atom is -0.493 e. The Morgan fingerprint density at radius 2 is 0.571 bits per heavy atom. The van der Waals surface area contributed by atoms with Crippen LogP contribution in [0.4, 0.5) is 0 Å². The van der Waals surface area contributed by atoms with Crippen LogP contribution < -0.4 is 9.47 Å². The zero-order chi connectivity index (χ0) is 36.8. The summed E-state index contributed by atoms with van der Waals surface area (Å²) in [6, 6.07) is 59.3. The molecule has 0 atom stereocenters. The fourth-order valence-electron chi connectivity index (χ4n) is 11.2. The Balaban J connectivity index is 1.32. The van der Waals surface area contributed by atoms with E-state index in [1.54, 1.807) is 14.2 Å². The van der Waals surface area contributed by atoms with Gasteiger partial charge in [0.15, 0.2) is 11.5 Å². The van der Waals surface area contributed by atoms with Gasteiger partial charge in [-0.3, -0.25) is 0 Å². The van der Waals surface area contributed by atoms with Crippen molar-refractivity contribution in [2.75, 3.05) is 14.2 Å². The number of benzene rings is 11. The van der Waals surface area contributed by atoms with Gasteiger partial charge in [0, 0.05) is 11.8 Å². The van der Waals surface area contributed by atoms with Crippen molar-refractivity contribution in [2.45, 2.75) is 11.8 Å². The second-order valence-corrected chi connectivity index (χ2v) is 15.7. The minimum atomic E-state index is -0.0427. The molecule has 0 radical (unpaired) electrons. The Kier molecular flexibility index (Phi) is 5.90. The van der Waals surface area contributed by atoms with Gasteiger partial charge in [0.25, 0.3) is 0 Å². The number of fused-ring (bicyclic) bond motifs is 14. The number of ether oxygens (including phenoxy) is 2. The molecule has 0 amide bonds. The van der Waals surface area contributed by atoms with Crippen molar-refractivity contribution >= 4 is 86.2 Å². The van der Waals surface area contributed by atoms with E-state index in [2.05, 4.69) is 158 Å². The molecular weight excluding hydrogens is 681 g/mol. The van der Waals surface area contributed by atoms with Gasteiger partial charge in [0.1, 0.15) is 0 Å². The fourth-order valence-corrected chi connectivity index (χ4v) is 11.2. The van der Waals surface area contributed by atoms with Crippen LogP contribution in [0.3, 0.4) is 0 Å². The molecule has 2 bridgehead atoms. The fraction of sp³-hybridized carbons (Fsp3) is 0.0741. The van der Waals surface area contributed by atoms with Crippen molar-refractivity contribution in [3.05, 3.63) is 191 Å². The molecule has 0 saturated carbocycles. The van der Waals surface area contributed by atoms with E-state index in [0.717, 1.165) is 11.5 Å². The lowest BCUT2D eigenvalue weighted by Gasteiger charge is -2.45. The summed E-state index contributed by atoms with van der Waals surface area (Å²) in [5, 5.41) is 20.9. The first-order chi connectivity index (χ1) is 27.7. The quantitative estimate of drug-likeness (QED) is 0.166. The standard InChI is InChI=1S/C54H34O2/c1-55-43-27-41-42(28-44(43)56-2)54-51-39-25-21-31-13-5-9-17-35(31)47(39)45-33-15-7-3-11-29(33)19-23-37(45)49(51)53(41)50-38-24-20-30-12-4-8-16-34(30)46(38)48-36-18-10-6-14-32(36)22-26-40(48)52(50)54/h3-28,53-54H,1-2H3. The smallest absolute Gasteiger partial charge is 0.161 e. The summed E-state index contributed by atoms with van der Waals surface area (Å²) in [4.78, 5) is 0. The topological polar surface area (TPSA) is 18.5 Å². The predicted octanol–water partition coefficient (Wildman–Crippen LogP) is 13.9. The normalized spacial score (nSPS) is 15.7. The van der Waals surface area contributed by atoms with Crippen LogP contribution in [0.25, 0.3) is 86.2 Å². The summed E-state index contributed by atoms with van der Waals surface area (Å²) >= 11 is 0. The molecule has 2 nitrogen and oxygen atoms in total. The highest BCUT2D eigenvalue weighted by Crippen LogP contribution is 2.64. The maximum absolute atomic E-state index is 6.09. The van der Waals surface area contributed by atoms with Crippen molar-refractivity contribution < 1.29 is 9.47 Å². The van der Waals surface area contributed by atoms with Crippen LogP contribution in [0.15, 0.2) is 158 Å². The number of rotatable bonds is 2. The number of methoxy groups -OCH3 is 2. The first-order valence-electron chi connectivity index (χ1n) is 19.6. The first-order valence-corrected chi connectivity index (χ1v) is 19.6. The summed E-state index contributed by atoms with van der Waals surface area (Å²) in [5.41, 5.74) is 8.27. The van der Waals surface area contributed by atoms with Gasteiger partial charge in [0.2, 0.25) is 0 Å². The lowest BCUT2D eigenvalue weighted by atomic mass is 9.57. The molecule has 0 aliphatic heterocycles. The van der Waals surface area contributed by atoms with Crippen molar-refractivity contribution in [2.24, 2.45) is 0 Å². The Labute approximate surface area is 323 Å². The highest BCUT2D eigenvalue weighted by molar-refractivity contribution is 6.32. The van der Waals surface area contributed by atoms with Crippen LogP contribution in [-0.2, 0) is 0 Å². The number of hydrogen-bond donors (Lipinski definition) is 0. The van der Waals surface area contributed by atoms with E-state index in [-0.39, 0.29) is 11.8 Å².